The van der Waals surface area contributed by atoms with E-state index in [0.29, 0.717) is 19.0 Å². The fourth-order valence-electron chi connectivity index (χ4n) is 2.35. The first-order chi connectivity index (χ1) is 10.1. The van der Waals surface area contributed by atoms with E-state index >= 15 is 0 Å². The number of nitrogens with one attached hydrogen (secondary N) is 1. The number of aliphatic hydroxyl groups excluding tert-OH is 1. The molecule has 1 fully saturated rings. The summed E-state index contributed by atoms with van der Waals surface area (Å²) in [7, 11) is 0. The minimum absolute atomic E-state index is 0.00617. The maximum atomic E-state index is 11.9. The Morgan fingerprint density at radius 3 is 2.81 bits per heavy atom. The number of hydrogen-bond donors (Lipinski definition) is 2. The van der Waals surface area contributed by atoms with Gasteiger partial charge in [0.2, 0.25) is 0 Å². The highest BCUT2D eigenvalue weighted by Crippen LogP contribution is 2.22. The van der Waals surface area contributed by atoms with E-state index in [-0.39, 0.29) is 18.6 Å². The van der Waals surface area contributed by atoms with Crippen LogP contribution in [0.3, 0.4) is 0 Å². The minimum Gasteiger partial charge on any atom is -0.484 e. The Bertz CT molecular complexity index is 481. The Kier molecular flexibility index (Phi) is 5.59. The van der Waals surface area contributed by atoms with E-state index < -0.39 is 6.10 Å². The van der Waals surface area contributed by atoms with Crippen molar-refractivity contribution < 1.29 is 19.4 Å². The summed E-state index contributed by atoms with van der Waals surface area (Å²) < 4.78 is 10.8. The standard InChI is InChI=1S/C16H23NO4/c1-11-9-13(12(2)18)3-4-15(11)21-10-16(19)17-14-5-7-20-8-6-14/h3-4,9,12,14,18H,5-8,10H2,1-2H3,(H,17,19)/t12-/m0/s1. The van der Waals surface area contributed by atoms with Crippen LogP contribution in [0.15, 0.2) is 18.2 Å². The van der Waals surface area contributed by atoms with Crippen LogP contribution >= 0.6 is 0 Å². The van der Waals surface area contributed by atoms with Crippen LogP contribution < -0.4 is 10.1 Å². The van der Waals surface area contributed by atoms with E-state index in [1.165, 1.54) is 0 Å². The lowest BCUT2D eigenvalue weighted by atomic mass is 10.1. The third-order valence-corrected chi connectivity index (χ3v) is 3.63. The first kappa shape index (κ1) is 15.8. The molecule has 0 bridgehead atoms. The molecule has 0 unspecified atom stereocenters. The molecule has 2 N–H and O–H groups in total. The van der Waals surface area contributed by atoms with E-state index in [4.69, 9.17) is 9.47 Å². The van der Waals surface area contributed by atoms with Crippen LogP contribution in [0.1, 0.15) is 37.0 Å². The molecule has 116 valence electrons. The second-order valence-electron chi connectivity index (χ2n) is 5.44. The molecule has 0 saturated carbocycles. The molecule has 1 aromatic carbocycles. The summed E-state index contributed by atoms with van der Waals surface area (Å²) in [6, 6.07) is 5.66. The molecule has 5 heteroatoms. The highest BCUT2D eigenvalue weighted by Gasteiger charge is 2.16. The molecule has 5 nitrogen and oxygen atoms in total. The largest absolute Gasteiger partial charge is 0.484 e. The maximum Gasteiger partial charge on any atom is 0.258 e. The van der Waals surface area contributed by atoms with E-state index in [1.807, 2.05) is 19.1 Å². The first-order valence-electron chi connectivity index (χ1n) is 7.35. The monoisotopic (exact) mass is 293 g/mol. The van der Waals surface area contributed by atoms with Crippen LogP contribution in [0.25, 0.3) is 0 Å². The third kappa shape index (κ3) is 4.72. The van der Waals surface area contributed by atoms with Gasteiger partial charge in [0, 0.05) is 19.3 Å². The molecule has 1 amide bonds. The molecule has 0 spiro atoms. The molecule has 0 radical (unpaired) electrons. The topological polar surface area (TPSA) is 67.8 Å². The number of hydrogen-bond acceptors (Lipinski definition) is 4. The fourth-order valence-corrected chi connectivity index (χ4v) is 2.35. The lowest BCUT2D eigenvalue weighted by Gasteiger charge is -2.23. The summed E-state index contributed by atoms with van der Waals surface area (Å²) in [5.74, 6) is 0.558. The predicted octanol–water partition coefficient (Wildman–Crippen LogP) is 1.72. The van der Waals surface area contributed by atoms with Crippen molar-refractivity contribution in [1.29, 1.82) is 0 Å². The van der Waals surface area contributed by atoms with Crippen molar-refractivity contribution in [2.45, 2.75) is 38.8 Å². The van der Waals surface area contributed by atoms with Crippen molar-refractivity contribution in [2.75, 3.05) is 19.8 Å². The Morgan fingerprint density at radius 1 is 1.48 bits per heavy atom. The number of aliphatic hydroxyl groups is 1. The van der Waals surface area contributed by atoms with Gasteiger partial charge in [-0.3, -0.25) is 4.79 Å². The van der Waals surface area contributed by atoms with Crippen molar-refractivity contribution in [2.24, 2.45) is 0 Å². The Hall–Kier alpha value is -1.59. The number of aryl methyl sites for hydroxylation is 1. The Morgan fingerprint density at radius 2 is 2.19 bits per heavy atom. The zero-order valence-electron chi connectivity index (χ0n) is 12.6. The van der Waals surface area contributed by atoms with E-state index in [1.54, 1.807) is 13.0 Å². The zero-order valence-corrected chi connectivity index (χ0v) is 12.6. The Labute approximate surface area is 125 Å². The van der Waals surface area contributed by atoms with E-state index in [0.717, 1.165) is 24.0 Å². The summed E-state index contributed by atoms with van der Waals surface area (Å²) >= 11 is 0. The summed E-state index contributed by atoms with van der Waals surface area (Å²) in [6.45, 7) is 5.03. The molecule has 1 heterocycles. The average Bonchev–Trinajstić information content (AvgIpc) is 2.47. The van der Waals surface area contributed by atoms with Gasteiger partial charge < -0.3 is 19.9 Å². The van der Waals surface area contributed by atoms with Gasteiger partial charge in [-0.15, -0.1) is 0 Å². The first-order valence-corrected chi connectivity index (χ1v) is 7.35. The fraction of sp³-hybridized carbons (Fsp3) is 0.562. The van der Waals surface area contributed by atoms with Crippen LogP contribution in [-0.2, 0) is 9.53 Å². The van der Waals surface area contributed by atoms with Crippen molar-refractivity contribution >= 4 is 5.91 Å². The van der Waals surface area contributed by atoms with Gasteiger partial charge in [0.1, 0.15) is 5.75 Å². The van der Waals surface area contributed by atoms with Crippen LogP contribution in [0.5, 0.6) is 5.75 Å². The summed E-state index contributed by atoms with van der Waals surface area (Å²) in [4.78, 5) is 11.9. The van der Waals surface area contributed by atoms with Gasteiger partial charge in [-0.25, -0.2) is 0 Å². The highest BCUT2D eigenvalue weighted by atomic mass is 16.5. The SMILES string of the molecule is Cc1cc([C@H](C)O)ccc1OCC(=O)NC1CCOCC1. The third-order valence-electron chi connectivity index (χ3n) is 3.63. The quantitative estimate of drug-likeness (QED) is 0.867. The molecule has 1 aromatic rings. The number of carbonyl (C=O) groups excluding carboxylic acids is 1. The number of ether oxygens (including phenoxy) is 2. The highest BCUT2D eigenvalue weighted by molar-refractivity contribution is 5.77. The van der Waals surface area contributed by atoms with Crippen molar-refractivity contribution in [1.82, 2.24) is 5.32 Å². The number of carbonyl (C=O) groups is 1. The van der Waals surface area contributed by atoms with E-state index in [2.05, 4.69) is 5.32 Å². The van der Waals surface area contributed by atoms with Crippen LogP contribution in [0.2, 0.25) is 0 Å². The van der Waals surface area contributed by atoms with Gasteiger partial charge in [-0.1, -0.05) is 6.07 Å². The molecular weight excluding hydrogens is 270 g/mol. The van der Waals surface area contributed by atoms with Crippen molar-refractivity contribution in [3.8, 4) is 5.75 Å². The Balaban J connectivity index is 1.83. The van der Waals surface area contributed by atoms with Gasteiger partial charge in [0.25, 0.3) is 5.91 Å². The zero-order chi connectivity index (χ0) is 15.2. The average molecular weight is 293 g/mol. The molecule has 0 aromatic heterocycles. The summed E-state index contributed by atoms with van der Waals surface area (Å²) in [5.41, 5.74) is 1.75. The second-order valence-corrected chi connectivity index (χ2v) is 5.44. The van der Waals surface area contributed by atoms with Gasteiger partial charge in [0.15, 0.2) is 6.61 Å². The normalized spacial score (nSPS) is 17.3. The van der Waals surface area contributed by atoms with Crippen LogP contribution in [-0.4, -0.2) is 36.9 Å². The number of amides is 1. The maximum absolute atomic E-state index is 11.9. The van der Waals surface area contributed by atoms with E-state index in [9.17, 15) is 9.90 Å². The number of rotatable bonds is 5. The lowest BCUT2D eigenvalue weighted by Crippen LogP contribution is -2.41. The summed E-state index contributed by atoms with van der Waals surface area (Å²) in [5, 5.41) is 12.5. The van der Waals surface area contributed by atoms with Crippen molar-refractivity contribution in [3.63, 3.8) is 0 Å². The predicted molar refractivity (Wildman–Crippen MR) is 79.3 cm³/mol. The van der Waals surface area contributed by atoms with Crippen LogP contribution in [0, 0.1) is 6.92 Å². The molecule has 1 aliphatic rings. The molecule has 1 atom stereocenters. The van der Waals surface area contributed by atoms with Crippen molar-refractivity contribution in [3.05, 3.63) is 29.3 Å². The molecule has 0 aliphatic carbocycles. The van der Waals surface area contributed by atoms with Gasteiger partial charge >= 0.3 is 0 Å². The lowest BCUT2D eigenvalue weighted by molar-refractivity contribution is -0.124. The van der Waals surface area contributed by atoms with Gasteiger partial charge in [-0.05, 0) is 49.9 Å². The van der Waals surface area contributed by atoms with Gasteiger partial charge in [-0.2, -0.15) is 0 Å². The molecule has 1 aliphatic heterocycles. The van der Waals surface area contributed by atoms with Gasteiger partial charge in [0.05, 0.1) is 6.10 Å². The molecule has 2 rings (SSSR count). The van der Waals surface area contributed by atoms with Crippen LogP contribution in [0.4, 0.5) is 0 Å². The minimum atomic E-state index is -0.505. The number of benzene rings is 1. The second kappa shape index (κ2) is 7.43. The smallest absolute Gasteiger partial charge is 0.258 e. The molecule has 21 heavy (non-hydrogen) atoms. The molecule has 1 saturated heterocycles. The molecular formula is C16H23NO4. The summed E-state index contributed by atoms with van der Waals surface area (Å²) in [6.07, 6.45) is 1.20.